The molecule has 0 bridgehead atoms. The lowest BCUT2D eigenvalue weighted by molar-refractivity contribution is -0.383. The van der Waals surface area contributed by atoms with Crippen LogP contribution in [0.15, 0.2) is 24.3 Å². The number of hydrogen-bond acceptors (Lipinski definition) is 5. The van der Waals surface area contributed by atoms with Crippen LogP contribution < -0.4 is 5.30 Å². The maximum Gasteiger partial charge on any atom is 0.368 e. The van der Waals surface area contributed by atoms with Gasteiger partial charge in [0, 0.05) is 6.07 Å². The Labute approximate surface area is 125 Å². The summed E-state index contributed by atoms with van der Waals surface area (Å²) in [4.78, 5) is 10.5. The molecule has 0 amide bonds. The van der Waals surface area contributed by atoms with Gasteiger partial charge in [0.2, 0.25) is 0 Å². The van der Waals surface area contributed by atoms with Crippen LogP contribution in [0.5, 0.6) is 0 Å². The maximum absolute atomic E-state index is 12.9. The first kappa shape index (κ1) is 17.8. The van der Waals surface area contributed by atoms with Crippen LogP contribution in [-0.4, -0.2) is 18.1 Å². The van der Waals surface area contributed by atoms with Crippen molar-refractivity contribution in [2.45, 2.75) is 39.5 Å². The van der Waals surface area contributed by atoms with E-state index in [9.17, 15) is 14.7 Å². The molecule has 1 aromatic rings. The van der Waals surface area contributed by atoms with Crippen LogP contribution >= 0.6 is 7.60 Å². The highest BCUT2D eigenvalue weighted by molar-refractivity contribution is 7.62. The van der Waals surface area contributed by atoms with Crippen molar-refractivity contribution in [2.75, 3.05) is 13.2 Å². The smallest absolute Gasteiger partial charge is 0.305 e. The van der Waals surface area contributed by atoms with Gasteiger partial charge in [-0.3, -0.25) is 14.7 Å². The molecular formula is C14H22NO5P. The highest BCUT2D eigenvalue weighted by Gasteiger charge is 2.34. The number of unbranched alkanes of at least 4 members (excludes halogenated alkanes) is 2. The average molecular weight is 315 g/mol. The number of hydrogen-bond donors (Lipinski definition) is 0. The summed E-state index contributed by atoms with van der Waals surface area (Å²) < 4.78 is 23.8. The summed E-state index contributed by atoms with van der Waals surface area (Å²) in [5.74, 6) is 0. The second-order valence-electron chi connectivity index (χ2n) is 4.62. The molecule has 0 aliphatic heterocycles. The zero-order chi connectivity index (χ0) is 15.7. The largest absolute Gasteiger partial charge is 0.368 e. The van der Waals surface area contributed by atoms with Crippen molar-refractivity contribution in [3.05, 3.63) is 34.4 Å². The number of nitro groups is 1. The minimum atomic E-state index is -3.66. The minimum Gasteiger partial charge on any atom is -0.305 e. The topological polar surface area (TPSA) is 78.7 Å². The molecule has 1 rings (SSSR count). The Morgan fingerprint density at radius 3 is 2.10 bits per heavy atom. The Hall–Kier alpha value is -1.23. The van der Waals surface area contributed by atoms with E-state index in [0.717, 1.165) is 25.7 Å². The van der Waals surface area contributed by atoms with Crippen molar-refractivity contribution in [3.63, 3.8) is 0 Å². The average Bonchev–Trinajstić information content (AvgIpc) is 2.48. The SMILES string of the molecule is CCCCOP(=O)(OCCCC)c1ccccc1[N+](=O)[O-]. The van der Waals surface area contributed by atoms with Crippen molar-refractivity contribution in [3.8, 4) is 0 Å². The van der Waals surface area contributed by atoms with Crippen LogP contribution in [0, 0.1) is 10.1 Å². The normalized spacial score (nSPS) is 11.5. The van der Waals surface area contributed by atoms with Crippen molar-refractivity contribution >= 4 is 18.6 Å². The highest BCUT2D eigenvalue weighted by Crippen LogP contribution is 2.49. The summed E-state index contributed by atoms with van der Waals surface area (Å²) in [5, 5.41) is 11.1. The number of rotatable bonds is 10. The van der Waals surface area contributed by atoms with E-state index in [2.05, 4.69) is 0 Å². The van der Waals surface area contributed by atoms with Gasteiger partial charge in [-0.1, -0.05) is 38.8 Å². The molecule has 0 spiro atoms. The maximum atomic E-state index is 12.9. The van der Waals surface area contributed by atoms with Crippen LogP contribution in [0.3, 0.4) is 0 Å². The van der Waals surface area contributed by atoms with Gasteiger partial charge in [0.25, 0.3) is 5.69 Å². The third kappa shape index (κ3) is 5.23. The summed E-state index contributed by atoms with van der Waals surface area (Å²) in [7, 11) is -3.66. The van der Waals surface area contributed by atoms with Gasteiger partial charge in [0.05, 0.1) is 18.1 Å². The van der Waals surface area contributed by atoms with Gasteiger partial charge in [-0.05, 0) is 18.9 Å². The van der Waals surface area contributed by atoms with Gasteiger partial charge in [-0.2, -0.15) is 0 Å². The zero-order valence-electron chi connectivity index (χ0n) is 12.5. The molecule has 0 saturated heterocycles. The first-order chi connectivity index (χ1) is 10.0. The minimum absolute atomic E-state index is 0.0298. The highest BCUT2D eigenvalue weighted by atomic mass is 31.2. The predicted octanol–water partition coefficient (Wildman–Crippen LogP) is 4.05. The molecule has 0 aromatic heterocycles. The third-order valence-electron chi connectivity index (χ3n) is 2.89. The molecule has 0 N–H and O–H groups in total. The van der Waals surface area contributed by atoms with E-state index < -0.39 is 12.5 Å². The van der Waals surface area contributed by atoms with Crippen molar-refractivity contribution in [1.29, 1.82) is 0 Å². The first-order valence-corrected chi connectivity index (χ1v) is 8.72. The monoisotopic (exact) mass is 315 g/mol. The van der Waals surface area contributed by atoms with E-state index in [1.807, 2.05) is 13.8 Å². The Kier molecular flexibility index (Phi) is 7.57. The fourth-order valence-corrected chi connectivity index (χ4v) is 3.48. The van der Waals surface area contributed by atoms with Crippen LogP contribution in [0.1, 0.15) is 39.5 Å². The molecule has 0 fully saturated rings. The summed E-state index contributed by atoms with van der Waals surface area (Å²) in [6.07, 6.45) is 3.21. The van der Waals surface area contributed by atoms with Crippen LogP contribution in [0.4, 0.5) is 5.69 Å². The van der Waals surface area contributed by atoms with Gasteiger partial charge in [0.15, 0.2) is 0 Å². The van der Waals surface area contributed by atoms with Gasteiger partial charge in [-0.25, -0.2) is 0 Å². The molecular weight excluding hydrogens is 293 g/mol. The van der Waals surface area contributed by atoms with Gasteiger partial charge >= 0.3 is 7.60 Å². The number of nitrogens with zero attached hydrogens (tertiary/aromatic N) is 1. The summed E-state index contributed by atoms with van der Waals surface area (Å²) >= 11 is 0. The number of para-hydroxylation sites is 1. The van der Waals surface area contributed by atoms with Gasteiger partial charge < -0.3 is 9.05 Å². The molecule has 0 saturated carbocycles. The molecule has 0 heterocycles. The fourth-order valence-electron chi connectivity index (χ4n) is 1.68. The molecule has 0 atom stereocenters. The van der Waals surface area contributed by atoms with Gasteiger partial charge in [-0.15, -0.1) is 0 Å². The molecule has 21 heavy (non-hydrogen) atoms. The van der Waals surface area contributed by atoms with E-state index in [-0.39, 0.29) is 24.2 Å². The molecule has 0 aliphatic carbocycles. The van der Waals surface area contributed by atoms with E-state index in [0.29, 0.717) is 0 Å². The van der Waals surface area contributed by atoms with E-state index in [1.165, 1.54) is 18.2 Å². The zero-order valence-corrected chi connectivity index (χ0v) is 13.4. The van der Waals surface area contributed by atoms with E-state index in [4.69, 9.17) is 9.05 Å². The van der Waals surface area contributed by atoms with Gasteiger partial charge in [0.1, 0.15) is 5.30 Å². The van der Waals surface area contributed by atoms with E-state index in [1.54, 1.807) is 6.07 Å². The summed E-state index contributed by atoms with van der Waals surface area (Å²) in [5.41, 5.74) is -0.228. The lowest BCUT2D eigenvalue weighted by Crippen LogP contribution is -2.15. The molecule has 1 aromatic carbocycles. The quantitative estimate of drug-likeness (QED) is 0.282. The lowest BCUT2D eigenvalue weighted by atomic mass is 10.3. The van der Waals surface area contributed by atoms with E-state index >= 15 is 0 Å². The molecule has 7 heteroatoms. The Morgan fingerprint density at radius 2 is 1.62 bits per heavy atom. The molecule has 0 aliphatic rings. The van der Waals surface area contributed by atoms with Crippen LogP contribution in [-0.2, 0) is 13.6 Å². The number of benzene rings is 1. The summed E-state index contributed by atoms with van der Waals surface area (Å²) in [6, 6.07) is 5.89. The predicted molar refractivity (Wildman–Crippen MR) is 82.1 cm³/mol. The first-order valence-electron chi connectivity index (χ1n) is 7.18. The Balaban J connectivity index is 3.04. The molecule has 6 nitrogen and oxygen atoms in total. The Morgan fingerprint density at radius 1 is 1.10 bits per heavy atom. The van der Waals surface area contributed by atoms with Crippen molar-refractivity contribution in [2.24, 2.45) is 0 Å². The Bertz CT molecular complexity index is 492. The molecule has 118 valence electrons. The second-order valence-corrected chi connectivity index (χ2v) is 6.61. The fraction of sp³-hybridized carbons (Fsp3) is 0.571. The van der Waals surface area contributed by atoms with Crippen molar-refractivity contribution < 1.29 is 18.5 Å². The number of nitro benzene ring substituents is 1. The third-order valence-corrected chi connectivity index (χ3v) is 4.90. The lowest BCUT2D eigenvalue weighted by Gasteiger charge is -2.18. The second kappa shape index (κ2) is 8.93. The standard InChI is InChI=1S/C14H22NO5P/c1-3-5-11-19-21(18,20-12-6-4-2)14-10-8-7-9-13(14)15(16)17/h7-10H,3-6,11-12H2,1-2H3. The van der Waals surface area contributed by atoms with Crippen LogP contribution in [0.2, 0.25) is 0 Å². The van der Waals surface area contributed by atoms with Crippen LogP contribution in [0.25, 0.3) is 0 Å². The molecule has 0 radical (unpaired) electrons. The summed E-state index contributed by atoms with van der Waals surface area (Å²) in [6.45, 7) is 4.48. The van der Waals surface area contributed by atoms with Crippen molar-refractivity contribution in [1.82, 2.24) is 0 Å². The molecule has 0 unspecified atom stereocenters.